The Hall–Kier alpha value is -2.93. The maximum atomic E-state index is 12.2. The molecule has 6 nitrogen and oxygen atoms in total. The second kappa shape index (κ2) is 9.85. The highest BCUT2D eigenvalue weighted by Crippen LogP contribution is 2.34. The average molecular weight is 399 g/mol. The first-order chi connectivity index (χ1) is 13.6. The van der Waals surface area contributed by atoms with Crippen LogP contribution in [-0.2, 0) is 14.3 Å². The Morgan fingerprint density at radius 1 is 1.11 bits per heavy atom. The van der Waals surface area contributed by atoms with E-state index < -0.39 is 0 Å². The molecule has 7 heteroatoms. The second-order valence-electron chi connectivity index (χ2n) is 5.85. The Morgan fingerprint density at radius 2 is 1.86 bits per heavy atom. The van der Waals surface area contributed by atoms with E-state index in [-0.39, 0.29) is 17.6 Å². The summed E-state index contributed by atoms with van der Waals surface area (Å²) in [5.41, 5.74) is 1.54. The molecule has 1 amide bonds. The van der Waals surface area contributed by atoms with Crippen molar-refractivity contribution in [2.24, 2.45) is 0 Å². The predicted molar refractivity (Wildman–Crippen MR) is 109 cm³/mol. The van der Waals surface area contributed by atoms with Crippen molar-refractivity contribution in [3.05, 3.63) is 54.1 Å². The number of nitrogens with one attached hydrogen (secondary N) is 1. The maximum absolute atomic E-state index is 12.2. The topological polar surface area (TPSA) is 73.9 Å². The highest BCUT2D eigenvalue weighted by molar-refractivity contribution is 8.00. The van der Waals surface area contributed by atoms with E-state index in [1.165, 1.54) is 17.8 Å². The van der Waals surface area contributed by atoms with Crippen LogP contribution in [0, 0.1) is 0 Å². The molecule has 0 radical (unpaired) electrons. The molecule has 0 saturated carbocycles. The van der Waals surface area contributed by atoms with Crippen molar-refractivity contribution < 1.29 is 23.8 Å². The van der Waals surface area contributed by atoms with Crippen molar-refractivity contribution in [1.29, 1.82) is 0 Å². The number of amides is 1. The van der Waals surface area contributed by atoms with Gasteiger partial charge in [-0.05, 0) is 48.9 Å². The molecule has 0 unspecified atom stereocenters. The van der Waals surface area contributed by atoms with Crippen LogP contribution in [0.3, 0.4) is 0 Å². The van der Waals surface area contributed by atoms with Gasteiger partial charge in [-0.2, -0.15) is 0 Å². The molecular formula is C21H21NO5S. The van der Waals surface area contributed by atoms with Gasteiger partial charge in [0.1, 0.15) is 13.2 Å². The van der Waals surface area contributed by atoms with Gasteiger partial charge in [0.05, 0.1) is 12.4 Å². The number of ether oxygens (including phenoxy) is 3. The van der Waals surface area contributed by atoms with Crippen molar-refractivity contribution in [3.8, 4) is 11.5 Å². The lowest BCUT2D eigenvalue weighted by Gasteiger charge is -2.18. The van der Waals surface area contributed by atoms with E-state index in [4.69, 9.17) is 14.2 Å². The first-order valence-electron chi connectivity index (χ1n) is 8.91. The molecule has 28 heavy (non-hydrogen) atoms. The van der Waals surface area contributed by atoms with E-state index >= 15 is 0 Å². The first-order valence-corrected chi connectivity index (χ1v) is 9.90. The SMILES string of the molecule is CCOC(=O)/C=C/c1ccc(NC(=O)CSc2ccc3c(c2)OCCO3)cc1. The van der Waals surface area contributed by atoms with Crippen molar-refractivity contribution in [2.75, 3.05) is 30.9 Å². The Kier molecular flexibility index (Phi) is 6.97. The molecule has 1 aliphatic heterocycles. The van der Waals surface area contributed by atoms with Gasteiger partial charge >= 0.3 is 5.97 Å². The fourth-order valence-corrected chi connectivity index (χ4v) is 3.22. The summed E-state index contributed by atoms with van der Waals surface area (Å²) >= 11 is 1.43. The lowest BCUT2D eigenvalue weighted by Crippen LogP contribution is -2.15. The molecule has 0 saturated heterocycles. The molecule has 0 atom stereocenters. The highest BCUT2D eigenvalue weighted by atomic mass is 32.2. The third kappa shape index (κ3) is 5.79. The van der Waals surface area contributed by atoms with Gasteiger partial charge in [0.25, 0.3) is 0 Å². The van der Waals surface area contributed by atoms with Crippen molar-refractivity contribution in [1.82, 2.24) is 0 Å². The minimum absolute atomic E-state index is 0.102. The summed E-state index contributed by atoms with van der Waals surface area (Å²) in [5, 5.41) is 2.86. The zero-order valence-corrected chi connectivity index (χ0v) is 16.3. The zero-order chi connectivity index (χ0) is 19.8. The summed E-state index contributed by atoms with van der Waals surface area (Å²) in [7, 11) is 0. The molecule has 0 fully saturated rings. The van der Waals surface area contributed by atoms with Gasteiger partial charge in [0, 0.05) is 16.7 Å². The third-order valence-corrected chi connectivity index (χ3v) is 4.77. The van der Waals surface area contributed by atoms with Gasteiger partial charge in [-0.3, -0.25) is 4.79 Å². The number of hydrogen-bond donors (Lipinski definition) is 1. The Bertz CT molecular complexity index is 864. The monoisotopic (exact) mass is 399 g/mol. The van der Waals surface area contributed by atoms with Gasteiger partial charge in [-0.25, -0.2) is 4.79 Å². The summed E-state index contributed by atoms with van der Waals surface area (Å²) in [5.74, 6) is 1.25. The Labute approximate surface area is 167 Å². The Morgan fingerprint density at radius 3 is 2.61 bits per heavy atom. The summed E-state index contributed by atoms with van der Waals surface area (Å²) in [4.78, 5) is 24.4. The molecule has 0 bridgehead atoms. The molecule has 3 rings (SSSR count). The molecule has 2 aromatic rings. The van der Waals surface area contributed by atoms with Crippen LogP contribution < -0.4 is 14.8 Å². The molecular weight excluding hydrogens is 378 g/mol. The number of hydrogen-bond acceptors (Lipinski definition) is 6. The van der Waals surface area contributed by atoms with Crippen LogP contribution in [-0.4, -0.2) is 37.4 Å². The highest BCUT2D eigenvalue weighted by Gasteiger charge is 2.12. The average Bonchev–Trinajstić information content (AvgIpc) is 2.72. The standard InChI is InChI=1S/C21H21NO5S/c1-2-25-21(24)10-5-15-3-6-16(7-4-15)22-20(23)14-28-17-8-9-18-19(13-17)27-12-11-26-18/h3-10,13H,2,11-12,14H2,1H3,(H,22,23)/b10-5+. The predicted octanol–water partition coefficient (Wildman–Crippen LogP) is 3.76. The molecule has 0 aliphatic carbocycles. The van der Waals surface area contributed by atoms with Gasteiger partial charge < -0.3 is 19.5 Å². The normalized spacial score (nSPS) is 12.6. The van der Waals surface area contributed by atoms with Gasteiger partial charge in [-0.1, -0.05) is 12.1 Å². The van der Waals surface area contributed by atoms with E-state index in [1.54, 1.807) is 25.1 Å². The van der Waals surface area contributed by atoms with Crippen LogP contribution in [0.1, 0.15) is 12.5 Å². The van der Waals surface area contributed by atoms with E-state index in [9.17, 15) is 9.59 Å². The lowest BCUT2D eigenvalue weighted by molar-refractivity contribution is -0.137. The quantitative estimate of drug-likeness (QED) is 0.434. The smallest absolute Gasteiger partial charge is 0.330 e. The van der Waals surface area contributed by atoms with Crippen LogP contribution in [0.15, 0.2) is 53.4 Å². The van der Waals surface area contributed by atoms with E-state index in [0.717, 1.165) is 16.2 Å². The number of benzene rings is 2. The molecule has 0 spiro atoms. The van der Waals surface area contributed by atoms with Crippen LogP contribution in [0.4, 0.5) is 5.69 Å². The zero-order valence-electron chi connectivity index (χ0n) is 15.5. The molecule has 1 aliphatic rings. The van der Waals surface area contributed by atoms with E-state index in [2.05, 4.69) is 5.32 Å². The van der Waals surface area contributed by atoms with E-state index in [1.807, 2.05) is 30.3 Å². The number of thioether (sulfide) groups is 1. The number of esters is 1. The van der Waals surface area contributed by atoms with Crippen LogP contribution in [0.5, 0.6) is 11.5 Å². The first kappa shape index (κ1) is 19.8. The second-order valence-corrected chi connectivity index (χ2v) is 6.90. The van der Waals surface area contributed by atoms with E-state index in [0.29, 0.717) is 31.3 Å². The van der Waals surface area contributed by atoms with Gasteiger partial charge in [0.15, 0.2) is 11.5 Å². The number of rotatable bonds is 7. The summed E-state index contributed by atoms with van der Waals surface area (Å²) in [6.07, 6.45) is 3.04. The number of fused-ring (bicyclic) bond motifs is 1. The Balaban J connectivity index is 1.49. The molecule has 146 valence electrons. The minimum atomic E-state index is -0.379. The van der Waals surface area contributed by atoms with Crippen LogP contribution >= 0.6 is 11.8 Å². The number of anilines is 1. The largest absolute Gasteiger partial charge is 0.486 e. The molecule has 2 aromatic carbocycles. The van der Waals surface area contributed by atoms with Gasteiger partial charge in [0.2, 0.25) is 5.91 Å². The minimum Gasteiger partial charge on any atom is -0.486 e. The van der Waals surface area contributed by atoms with Gasteiger partial charge in [-0.15, -0.1) is 11.8 Å². The summed E-state index contributed by atoms with van der Waals surface area (Å²) < 4.78 is 15.9. The fraction of sp³-hybridized carbons (Fsp3) is 0.238. The number of carbonyl (C=O) groups excluding carboxylic acids is 2. The fourth-order valence-electron chi connectivity index (χ4n) is 2.49. The van der Waals surface area contributed by atoms with Crippen LogP contribution in [0.25, 0.3) is 6.08 Å². The number of carbonyl (C=O) groups is 2. The summed E-state index contributed by atoms with van der Waals surface area (Å²) in [6, 6.07) is 12.9. The van der Waals surface area contributed by atoms with Crippen molar-refractivity contribution >= 4 is 35.4 Å². The van der Waals surface area contributed by atoms with Crippen LogP contribution in [0.2, 0.25) is 0 Å². The lowest BCUT2D eigenvalue weighted by atomic mass is 10.2. The molecule has 0 aromatic heterocycles. The molecule has 1 N–H and O–H groups in total. The third-order valence-electron chi connectivity index (χ3n) is 3.78. The molecule has 1 heterocycles. The maximum Gasteiger partial charge on any atom is 0.330 e. The van der Waals surface area contributed by atoms with Crippen molar-refractivity contribution in [2.45, 2.75) is 11.8 Å². The summed E-state index contributed by atoms with van der Waals surface area (Å²) in [6.45, 7) is 3.19. The van der Waals surface area contributed by atoms with Crippen molar-refractivity contribution in [3.63, 3.8) is 0 Å².